The highest BCUT2D eigenvalue weighted by Gasteiger charge is 2.35. The number of hydrogen-bond donors (Lipinski definition) is 4. The molecule has 3 rings (SSSR count). The van der Waals surface area contributed by atoms with Gasteiger partial charge in [0.1, 0.15) is 18.1 Å². The van der Waals surface area contributed by atoms with Crippen LogP contribution in [0.1, 0.15) is 17.5 Å². The zero-order valence-electron chi connectivity index (χ0n) is 16.6. The highest BCUT2D eigenvalue weighted by molar-refractivity contribution is 9.10. The molecule has 0 spiro atoms. The minimum atomic E-state index is -1.02. The van der Waals surface area contributed by atoms with Crippen molar-refractivity contribution in [1.82, 2.24) is 16.0 Å². The first-order valence-electron chi connectivity index (χ1n) is 9.80. The van der Waals surface area contributed by atoms with Crippen LogP contribution in [0, 0.1) is 0 Å². The van der Waals surface area contributed by atoms with Crippen molar-refractivity contribution in [3.8, 4) is 0 Å². The molecular formula is C22H23BrN4O4. The van der Waals surface area contributed by atoms with Crippen LogP contribution in [0.3, 0.4) is 0 Å². The second-order valence-corrected chi connectivity index (χ2v) is 8.19. The highest BCUT2D eigenvalue weighted by atomic mass is 79.9. The van der Waals surface area contributed by atoms with E-state index in [9.17, 15) is 19.2 Å². The lowest BCUT2D eigenvalue weighted by Gasteiger charge is -2.29. The standard InChI is InChI=1S/C22H23BrN4O4/c23-15-9-5-4-8-14(15)11-16(20(24)29)25-19(28)12-18-22(31)26-17(21(30)27-18)10-13-6-2-1-3-7-13/h1-9,16-18H,10-12H2,(H2,24,29)(H,25,28)(H,26,31)(H,27,30)/t16-,17-,18-/m0/s1. The van der Waals surface area contributed by atoms with E-state index in [0.29, 0.717) is 6.42 Å². The van der Waals surface area contributed by atoms with Gasteiger partial charge in [-0.2, -0.15) is 0 Å². The molecule has 1 aliphatic heterocycles. The summed E-state index contributed by atoms with van der Waals surface area (Å²) in [6, 6.07) is 13.9. The molecule has 0 saturated carbocycles. The molecule has 5 N–H and O–H groups in total. The molecule has 2 aromatic carbocycles. The van der Waals surface area contributed by atoms with Crippen LogP contribution in [-0.4, -0.2) is 41.8 Å². The molecule has 9 heteroatoms. The second kappa shape index (κ2) is 10.2. The molecule has 3 atom stereocenters. The Hall–Kier alpha value is -3.20. The van der Waals surface area contributed by atoms with Crippen LogP contribution < -0.4 is 21.7 Å². The summed E-state index contributed by atoms with van der Waals surface area (Å²) in [6.07, 6.45) is 0.257. The van der Waals surface area contributed by atoms with Gasteiger partial charge < -0.3 is 21.7 Å². The molecule has 162 valence electrons. The Morgan fingerprint density at radius 1 is 0.968 bits per heavy atom. The number of benzene rings is 2. The third-order valence-electron chi connectivity index (χ3n) is 5.00. The van der Waals surface area contributed by atoms with Crippen molar-refractivity contribution in [2.24, 2.45) is 5.73 Å². The molecule has 0 bridgehead atoms. The number of carbonyl (C=O) groups is 4. The van der Waals surface area contributed by atoms with Crippen LogP contribution in [0.15, 0.2) is 59.1 Å². The van der Waals surface area contributed by atoms with E-state index >= 15 is 0 Å². The molecule has 0 aliphatic carbocycles. The van der Waals surface area contributed by atoms with Gasteiger partial charge in [0.25, 0.3) is 0 Å². The number of piperazine rings is 1. The van der Waals surface area contributed by atoms with Crippen LogP contribution in [0.25, 0.3) is 0 Å². The van der Waals surface area contributed by atoms with Gasteiger partial charge in [-0.25, -0.2) is 0 Å². The van der Waals surface area contributed by atoms with Crippen molar-refractivity contribution in [3.63, 3.8) is 0 Å². The first kappa shape index (κ1) is 22.5. The Labute approximate surface area is 188 Å². The lowest BCUT2D eigenvalue weighted by Crippen LogP contribution is -2.63. The van der Waals surface area contributed by atoms with Crippen molar-refractivity contribution in [2.45, 2.75) is 37.4 Å². The number of nitrogens with two attached hydrogens (primary N) is 1. The molecule has 31 heavy (non-hydrogen) atoms. The largest absolute Gasteiger partial charge is 0.368 e. The Kier molecular flexibility index (Phi) is 7.41. The van der Waals surface area contributed by atoms with Crippen molar-refractivity contribution >= 4 is 39.6 Å². The number of hydrogen-bond acceptors (Lipinski definition) is 4. The van der Waals surface area contributed by atoms with Gasteiger partial charge >= 0.3 is 0 Å². The van der Waals surface area contributed by atoms with E-state index in [2.05, 4.69) is 31.9 Å². The van der Waals surface area contributed by atoms with Crippen molar-refractivity contribution in [1.29, 1.82) is 0 Å². The number of nitrogens with one attached hydrogen (secondary N) is 3. The molecular weight excluding hydrogens is 464 g/mol. The SMILES string of the molecule is NC(=O)[C@H](Cc1ccccc1Br)NC(=O)C[C@@H]1NC(=O)[C@H](Cc2ccccc2)NC1=O. The fourth-order valence-corrected chi connectivity index (χ4v) is 3.80. The molecule has 8 nitrogen and oxygen atoms in total. The summed E-state index contributed by atoms with van der Waals surface area (Å²) >= 11 is 3.40. The van der Waals surface area contributed by atoms with Gasteiger partial charge in [-0.1, -0.05) is 64.5 Å². The van der Waals surface area contributed by atoms with E-state index in [1.807, 2.05) is 54.6 Å². The maximum absolute atomic E-state index is 12.5. The summed E-state index contributed by atoms with van der Waals surface area (Å²) in [5, 5.41) is 7.82. The lowest BCUT2D eigenvalue weighted by atomic mass is 10.0. The minimum absolute atomic E-state index is 0.199. The maximum atomic E-state index is 12.5. The molecule has 4 amide bonds. The Morgan fingerprint density at radius 2 is 1.58 bits per heavy atom. The predicted molar refractivity (Wildman–Crippen MR) is 118 cm³/mol. The van der Waals surface area contributed by atoms with E-state index in [4.69, 9.17) is 5.73 Å². The smallest absolute Gasteiger partial charge is 0.243 e. The summed E-state index contributed by atoms with van der Waals surface area (Å²) in [5.41, 5.74) is 7.16. The Balaban J connectivity index is 1.57. The first-order valence-corrected chi connectivity index (χ1v) is 10.6. The summed E-state index contributed by atoms with van der Waals surface area (Å²) in [5.74, 6) is -2.06. The molecule has 1 aliphatic rings. The Bertz CT molecular complexity index is 982. The normalized spacial score (nSPS) is 19.1. The fourth-order valence-electron chi connectivity index (χ4n) is 3.36. The number of halogens is 1. The molecule has 1 heterocycles. The number of amides is 4. The van der Waals surface area contributed by atoms with Crippen molar-refractivity contribution < 1.29 is 19.2 Å². The quantitative estimate of drug-likeness (QED) is 0.434. The maximum Gasteiger partial charge on any atom is 0.243 e. The van der Waals surface area contributed by atoms with Gasteiger partial charge in [-0.15, -0.1) is 0 Å². The topological polar surface area (TPSA) is 130 Å². The summed E-state index contributed by atoms with van der Waals surface area (Å²) in [7, 11) is 0. The summed E-state index contributed by atoms with van der Waals surface area (Å²) in [4.78, 5) is 49.1. The number of rotatable bonds is 8. The molecule has 2 aromatic rings. The monoisotopic (exact) mass is 486 g/mol. The van der Waals surface area contributed by atoms with E-state index in [0.717, 1.165) is 15.6 Å². The van der Waals surface area contributed by atoms with Crippen LogP contribution in [-0.2, 0) is 32.0 Å². The zero-order chi connectivity index (χ0) is 22.4. The van der Waals surface area contributed by atoms with Crippen LogP contribution in [0.5, 0.6) is 0 Å². The van der Waals surface area contributed by atoms with E-state index in [-0.39, 0.29) is 18.7 Å². The third-order valence-corrected chi connectivity index (χ3v) is 5.77. The highest BCUT2D eigenvalue weighted by Crippen LogP contribution is 2.17. The van der Waals surface area contributed by atoms with Gasteiger partial charge in [0, 0.05) is 17.3 Å². The van der Waals surface area contributed by atoms with Crippen LogP contribution in [0.2, 0.25) is 0 Å². The summed E-state index contributed by atoms with van der Waals surface area (Å²) in [6.45, 7) is 0. The zero-order valence-corrected chi connectivity index (χ0v) is 18.2. The van der Waals surface area contributed by atoms with Gasteiger partial charge in [-0.05, 0) is 17.2 Å². The molecule has 0 radical (unpaired) electrons. The lowest BCUT2D eigenvalue weighted by molar-refractivity contribution is -0.138. The Morgan fingerprint density at radius 3 is 2.26 bits per heavy atom. The molecule has 1 saturated heterocycles. The van der Waals surface area contributed by atoms with Crippen molar-refractivity contribution in [3.05, 3.63) is 70.2 Å². The van der Waals surface area contributed by atoms with Crippen molar-refractivity contribution in [2.75, 3.05) is 0 Å². The first-order chi connectivity index (χ1) is 14.8. The molecule has 1 fully saturated rings. The fraction of sp³-hybridized carbons (Fsp3) is 0.273. The van der Waals surface area contributed by atoms with Crippen LogP contribution in [0.4, 0.5) is 0 Å². The van der Waals surface area contributed by atoms with Gasteiger partial charge in [0.15, 0.2) is 0 Å². The van der Waals surface area contributed by atoms with E-state index in [1.54, 1.807) is 0 Å². The number of carbonyl (C=O) groups excluding carboxylic acids is 4. The van der Waals surface area contributed by atoms with Gasteiger partial charge in [-0.3, -0.25) is 19.2 Å². The molecule has 0 aromatic heterocycles. The number of primary amides is 1. The molecule has 0 unspecified atom stereocenters. The van der Waals surface area contributed by atoms with Crippen LogP contribution >= 0.6 is 15.9 Å². The predicted octanol–water partition coefficient (Wildman–Crippen LogP) is 0.578. The average Bonchev–Trinajstić information content (AvgIpc) is 2.73. The average molecular weight is 487 g/mol. The van der Waals surface area contributed by atoms with E-state index in [1.165, 1.54) is 0 Å². The third kappa shape index (κ3) is 6.14. The second-order valence-electron chi connectivity index (χ2n) is 7.33. The summed E-state index contributed by atoms with van der Waals surface area (Å²) < 4.78 is 0.791. The van der Waals surface area contributed by atoms with E-state index < -0.39 is 35.8 Å². The van der Waals surface area contributed by atoms with Gasteiger partial charge in [0.2, 0.25) is 23.6 Å². The minimum Gasteiger partial charge on any atom is -0.368 e. The van der Waals surface area contributed by atoms with Gasteiger partial charge in [0.05, 0.1) is 6.42 Å².